The highest BCUT2D eigenvalue weighted by molar-refractivity contribution is 7.26. The highest BCUT2D eigenvalue weighted by atomic mass is 32.1. The predicted molar refractivity (Wildman–Crippen MR) is 232 cm³/mol. The average molecular weight is 738 g/mol. The maximum Gasteiger partial charge on any atom is 0.164 e. The van der Waals surface area contributed by atoms with Crippen LogP contribution in [-0.4, -0.2) is 15.0 Å². The zero-order valence-corrected chi connectivity index (χ0v) is 30.8. The molecule has 0 aliphatic carbocycles. The number of benzene rings is 8. The minimum atomic E-state index is 0.602. The van der Waals surface area contributed by atoms with Crippen molar-refractivity contribution >= 4 is 95.7 Å². The van der Waals surface area contributed by atoms with Crippen molar-refractivity contribution in [1.82, 2.24) is 15.0 Å². The first-order valence-corrected chi connectivity index (χ1v) is 19.9. The molecule has 8 aromatic carbocycles. The monoisotopic (exact) mass is 737 g/mol. The predicted octanol–water partition coefficient (Wildman–Crippen LogP) is 14.3. The zero-order valence-electron chi connectivity index (χ0n) is 29.2. The lowest BCUT2D eigenvalue weighted by molar-refractivity contribution is 0.669. The number of hydrogen-bond acceptors (Lipinski definition) is 6. The van der Waals surface area contributed by atoms with Crippen LogP contribution in [0.2, 0.25) is 0 Å². The van der Waals surface area contributed by atoms with Gasteiger partial charge in [-0.25, -0.2) is 15.0 Å². The van der Waals surface area contributed by atoms with Gasteiger partial charge in [-0.15, -0.1) is 22.7 Å². The van der Waals surface area contributed by atoms with Gasteiger partial charge in [0.1, 0.15) is 11.2 Å². The molecule has 0 bridgehead atoms. The third kappa shape index (κ3) is 4.79. The van der Waals surface area contributed by atoms with Gasteiger partial charge in [0.2, 0.25) is 0 Å². The Morgan fingerprint density at radius 2 is 0.927 bits per heavy atom. The number of fused-ring (bicyclic) bond motifs is 10. The molecule has 12 aromatic rings. The first-order chi connectivity index (χ1) is 27.2. The van der Waals surface area contributed by atoms with Crippen molar-refractivity contribution in [3.63, 3.8) is 0 Å². The largest absolute Gasteiger partial charge is 0.456 e. The number of nitrogens with zero attached hydrogens (tertiary/aromatic N) is 3. The molecule has 0 radical (unpaired) electrons. The normalized spacial score (nSPS) is 12.0. The van der Waals surface area contributed by atoms with E-state index in [4.69, 9.17) is 19.4 Å². The van der Waals surface area contributed by atoms with Crippen LogP contribution < -0.4 is 0 Å². The Kier molecular flexibility index (Phi) is 6.64. The standard InChI is InChI=1S/C49H27N3OS2/c1-2-12-29-25-30(24-23-28(29)11-1)47-50-48(36-17-10-22-43-46(36)35-15-5-8-20-41(35)55-43)52-49(51-47)37-26-31(27-39-44(37)33-13-3-6-18-38(33)53-39)32-16-9-21-42-45(32)34-14-4-7-19-40(34)54-42/h1-27H. The van der Waals surface area contributed by atoms with Crippen LogP contribution in [0, 0.1) is 0 Å². The van der Waals surface area contributed by atoms with E-state index in [1.165, 1.54) is 40.3 Å². The third-order valence-electron chi connectivity index (χ3n) is 10.7. The van der Waals surface area contributed by atoms with Gasteiger partial charge in [-0.2, -0.15) is 0 Å². The second-order valence-corrected chi connectivity index (χ2v) is 16.1. The molecule has 0 fully saturated rings. The fourth-order valence-electron chi connectivity index (χ4n) is 8.24. The van der Waals surface area contributed by atoms with Crippen molar-refractivity contribution in [2.24, 2.45) is 0 Å². The summed E-state index contributed by atoms with van der Waals surface area (Å²) in [5.41, 5.74) is 6.65. The lowest BCUT2D eigenvalue weighted by Gasteiger charge is -2.12. The van der Waals surface area contributed by atoms with Crippen molar-refractivity contribution < 1.29 is 4.42 Å². The van der Waals surface area contributed by atoms with Gasteiger partial charge in [-0.3, -0.25) is 0 Å². The quantitative estimate of drug-likeness (QED) is 0.180. The van der Waals surface area contributed by atoms with Gasteiger partial charge in [0, 0.05) is 67.8 Å². The summed E-state index contributed by atoms with van der Waals surface area (Å²) >= 11 is 3.62. The van der Waals surface area contributed by atoms with Gasteiger partial charge in [0.05, 0.1) is 0 Å². The molecule has 12 rings (SSSR count). The van der Waals surface area contributed by atoms with E-state index >= 15 is 0 Å². The van der Waals surface area contributed by atoms with E-state index in [9.17, 15) is 0 Å². The number of rotatable bonds is 4. The molecule has 0 saturated heterocycles. The Bertz CT molecular complexity index is 3520. The van der Waals surface area contributed by atoms with Gasteiger partial charge >= 0.3 is 0 Å². The lowest BCUT2D eigenvalue weighted by atomic mass is 9.95. The Hall–Kier alpha value is -6.73. The first kappa shape index (κ1) is 30.7. The van der Waals surface area contributed by atoms with Gasteiger partial charge in [-0.05, 0) is 70.4 Å². The lowest BCUT2D eigenvalue weighted by Crippen LogP contribution is -2.01. The summed E-state index contributed by atoms with van der Waals surface area (Å²) in [6.07, 6.45) is 0. The Labute approximate surface area is 322 Å². The number of furan rings is 1. The molecule has 6 heteroatoms. The molecule has 4 heterocycles. The summed E-state index contributed by atoms with van der Waals surface area (Å²) in [5, 5.41) is 9.18. The summed E-state index contributed by atoms with van der Waals surface area (Å²) in [7, 11) is 0. The van der Waals surface area contributed by atoms with E-state index in [-0.39, 0.29) is 0 Å². The van der Waals surface area contributed by atoms with Crippen LogP contribution in [0.4, 0.5) is 0 Å². The number of para-hydroxylation sites is 1. The second-order valence-electron chi connectivity index (χ2n) is 13.9. The SMILES string of the molecule is c1ccc2cc(-c3nc(-c4cc(-c5cccc6sc7ccccc7c56)cc5oc6ccccc6c45)nc(-c4cccc5sc6ccccc6c45)n3)ccc2c1. The molecular weight excluding hydrogens is 711 g/mol. The second kappa shape index (κ2) is 11.9. The Balaban J connectivity index is 1.18. The number of thiophene rings is 2. The van der Waals surface area contributed by atoms with Gasteiger partial charge in [0.25, 0.3) is 0 Å². The van der Waals surface area contributed by atoms with Crippen LogP contribution in [0.25, 0.3) is 118 Å². The molecule has 0 amide bonds. The van der Waals surface area contributed by atoms with E-state index in [0.717, 1.165) is 60.5 Å². The summed E-state index contributed by atoms with van der Waals surface area (Å²) < 4.78 is 11.6. The molecule has 256 valence electrons. The fraction of sp³-hybridized carbons (Fsp3) is 0. The molecule has 0 unspecified atom stereocenters. The van der Waals surface area contributed by atoms with E-state index < -0.39 is 0 Å². The molecule has 0 spiro atoms. The fourth-order valence-corrected chi connectivity index (χ4v) is 10.5. The summed E-state index contributed by atoms with van der Waals surface area (Å²) in [5.74, 6) is 1.87. The number of aromatic nitrogens is 3. The molecule has 0 atom stereocenters. The van der Waals surface area contributed by atoms with Crippen LogP contribution in [0.15, 0.2) is 168 Å². The molecular formula is C49H27N3OS2. The van der Waals surface area contributed by atoms with E-state index in [1.807, 2.05) is 23.5 Å². The zero-order chi connectivity index (χ0) is 36.0. The third-order valence-corrected chi connectivity index (χ3v) is 13.0. The molecule has 4 nitrogen and oxygen atoms in total. The number of hydrogen-bond donors (Lipinski definition) is 0. The van der Waals surface area contributed by atoms with Crippen molar-refractivity contribution in [2.45, 2.75) is 0 Å². The topological polar surface area (TPSA) is 51.8 Å². The van der Waals surface area contributed by atoms with Crippen LogP contribution in [-0.2, 0) is 0 Å². The smallest absolute Gasteiger partial charge is 0.164 e. The first-order valence-electron chi connectivity index (χ1n) is 18.3. The summed E-state index contributed by atoms with van der Waals surface area (Å²) in [4.78, 5) is 16.0. The molecule has 0 N–H and O–H groups in total. The maximum atomic E-state index is 6.66. The Morgan fingerprint density at radius 3 is 1.69 bits per heavy atom. The molecule has 0 aliphatic rings. The van der Waals surface area contributed by atoms with E-state index in [2.05, 4.69) is 152 Å². The average Bonchev–Trinajstić information content (AvgIpc) is 3.94. The maximum absolute atomic E-state index is 6.66. The van der Waals surface area contributed by atoms with Gasteiger partial charge in [-0.1, -0.05) is 115 Å². The van der Waals surface area contributed by atoms with Crippen molar-refractivity contribution in [2.75, 3.05) is 0 Å². The molecule has 0 saturated carbocycles. The highest BCUT2D eigenvalue weighted by Crippen LogP contribution is 2.45. The molecule has 55 heavy (non-hydrogen) atoms. The summed E-state index contributed by atoms with van der Waals surface area (Å²) in [6, 6.07) is 57.8. The van der Waals surface area contributed by atoms with E-state index in [1.54, 1.807) is 11.3 Å². The van der Waals surface area contributed by atoms with Gasteiger partial charge < -0.3 is 4.42 Å². The van der Waals surface area contributed by atoms with Crippen LogP contribution in [0.1, 0.15) is 0 Å². The van der Waals surface area contributed by atoms with Crippen molar-refractivity contribution in [3.05, 3.63) is 164 Å². The Morgan fingerprint density at radius 1 is 0.345 bits per heavy atom. The van der Waals surface area contributed by atoms with Crippen LogP contribution in [0.3, 0.4) is 0 Å². The van der Waals surface area contributed by atoms with Gasteiger partial charge in [0.15, 0.2) is 17.5 Å². The van der Waals surface area contributed by atoms with Crippen LogP contribution in [0.5, 0.6) is 0 Å². The van der Waals surface area contributed by atoms with E-state index in [0.29, 0.717) is 17.5 Å². The molecule has 0 aliphatic heterocycles. The van der Waals surface area contributed by atoms with Crippen molar-refractivity contribution in [1.29, 1.82) is 0 Å². The van der Waals surface area contributed by atoms with Crippen molar-refractivity contribution in [3.8, 4) is 45.3 Å². The summed E-state index contributed by atoms with van der Waals surface area (Å²) in [6.45, 7) is 0. The highest BCUT2D eigenvalue weighted by Gasteiger charge is 2.22. The molecule has 4 aromatic heterocycles. The van der Waals surface area contributed by atoms with Crippen LogP contribution >= 0.6 is 22.7 Å². The minimum absolute atomic E-state index is 0.602. The minimum Gasteiger partial charge on any atom is -0.456 e.